The van der Waals surface area contributed by atoms with Gasteiger partial charge in [-0.05, 0) is 31.9 Å². The number of hydrogen-bond acceptors (Lipinski definition) is 5. The number of hydrogen-bond donors (Lipinski definition) is 0. The summed E-state index contributed by atoms with van der Waals surface area (Å²) in [5.74, 6) is 1.18. The monoisotopic (exact) mass is 327 g/mol. The van der Waals surface area contributed by atoms with Gasteiger partial charge in [0, 0.05) is 18.9 Å². The zero-order valence-electron chi connectivity index (χ0n) is 13.7. The Bertz CT molecular complexity index is 661. The molecule has 3 rings (SSSR count). The molecular weight excluding hydrogens is 306 g/mol. The van der Waals surface area contributed by atoms with Crippen molar-refractivity contribution in [2.24, 2.45) is 0 Å². The first-order valence-electron chi connectivity index (χ1n) is 8.10. The van der Waals surface area contributed by atoms with Crippen molar-refractivity contribution in [2.75, 3.05) is 19.7 Å². The lowest BCUT2D eigenvalue weighted by atomic mass is 10.1. The van der Waals surface area contributed by atoms with Crippen molar-refractivity contribution in [2.45, 2.75) is 25.9 Å². The van der Waals surface area contributed by atoms with E-state index < -0.39 is 0 Å². The zero-order valence-corrected chi connectivity index (χ0v) is 13.7. The number of rotatable bonds is 5. The van der Waals surface area contributed by atoms with Crippen molar-refractivity contribution < 1.29 is 14.3 Å². The number of likely N-dealkylation sites (tertiary alicyclic amines) is 1. The van der Waals surface area contributed by atoms with E-state index in [0.717, 1.165) is 24.9 Å². The highest BCUT2D eigenvalue weighted by molar-refractivity contribution is 5.77. The van der Waals surface area contributed by atoms with Crippen LogP contribution in [0.15, 0.2) is 42.9 Å². The van der Waals surface area contributed by atoms with Gasteiger partial charge in [-0.3, -0.25) is 9.78 Å². The molecule has 0 radical (unpaired) electrons. The van der Waals surface area contributed by atoms with E-state index in [1.165, 1.54) is 0 Å². The predicted molar refractivity (Wildman–Crippen MR) is 88.9 cm³/mol. The maximum Gasteiger partial charge on any atom is 0.260 e. The summed E-state index contributed by atoms with van der Waals surface area (Å²) in [5, 5.41) is 0. The van der Waals surface area contributed by atoms with Crippen LogP contribution in [0.3, 0.4) is 0 Å². The van der Waals surface area contributed by atoms with E-state index in [2.05, 4.69) is 9.97 Å². The van der Waals surface area contributed by atoms with Crippen LogP contribution in [0.2, 0.25) is 0 Å². The number of carbonyl (C=O) groups is 1. The fourth-order valence-electron chi connectivity index (χ4n) is 2.65. The second-order valence-electron chi connectivity index (χ2n) is 5.87. The van der Waals surface area contributed by atoms with Crippen LogP contribution in [0.25, 0.3) is 0 Å². The third-order valence-electron chi connectivity index (χ3n) is 3.94. The van der Waals surface area contributed by atoms with Gasteiger partial charge in [0.1, 0.15) is 11.9 Å². The number of amides is 1. The summed E-state index contributed by atoms with van der Waals surface area (Å²) in [6.07, 6.45) is 6.53. The minimum atomic E-state index is -0.0567. The van der Waals surface area contributed by atoms with Crippen LogP contribution in [0, 0.1) is 6.92 Å². The van der Waals surface area contributed by atoms with Gasteiger partial charge in [-0.1, -0.05) is 17.7 Å². The third kappa shape index (κ3) is 4.44. The molecule has 2 aromatic rings. The van der Waals surface area contributed by atoms with E-state index in [4.69, 9.17) is 9.47 Å². The number of aromatic nitrogens is 2. The fourth-order valence-corrected chi connectivity index (χ4v) is 2.65. The Hall–Kier alpha value is -2.63. The second kappa shape index (κ2) is 7.77. The topological polar surface area (TPSA) is 64.5 Å². The van der Waals surface area contributed by atoms with Crippen molar-refractivity contribution in [3.8, 4) is 11.6 Å². The molecule has 1 aromatic heterocycles. The Morgan fingerprint density at radius 2 is 2.12 bits per heavy atom. The largest absolute Gasteiger partial charge is 0.484 e. The molecule has 1 aliphatic heterocycles. The van der Waals surface area contributed by atoms with Crippen LogP contribution in [0.5, 0.6) is 11.6 Å². The molecule has 0 bridgehead atoms. The van der Waals surface area contributed by atoms with Crippen molar-refractivity contribution in [3.05, 3.63) is 48.4 Å². The highest BCUT2D eigenvalue weighted by Crippen LogP contribution is 2.17. The van der Waals surface area contributed by atoms with E-state index in [1.54, 1.807) is 23.5 Å². The first-order chi connectivity index (χ1) is 11.7. The molecule has 1 atom stereocenters. The maximum absolute atomic E-state index is 12.4. The Balaban J connectivity index is 1.50. The Kier molecular flexibility index (Phi) is 5.25. The molecule has 0 saturated carbocycles. The van der Waals surface area contributed by atoms with Crippen molar-refractivity contribution in [1.82, 2.24) is 14.9 Å². The van der Waals surface area contributed by atoms with E-state index in [9.17, 15) is 4.79 Å². The summed E-state index contributed by atoms with van der Waals surface area (Å²) in [7, 11) is 0. The average molecular weight is 327 g/mol. The molecule has 0 aliphatic carbocycles. The molecule has 126 valence electrons. The van der Waals surface area contributed by atoms with Gasteiger partial charge in [0.2, 0.25) is 5.88 Å². The van der Waals surface area contributed by atoms with Gasteiger partial charge < -0.3 is 14.4 Å². The molecule has 0 N–H and O–H groups in total. The Labute approximate surface area is 141 Å². The van der Waals surface area contributed by atoms with Crippen molar-refractivity contribution in [1.29, 1.82) is 0 Å². The maximum atomic E-state index is 12.4. The molecule has 1 aliphatic rings. The lowest BCUT2D eigenvalue weighted by molar-refractivity contribution is -0.136. The highest BCUT2D eigenvalue weighted by atomic mass is 16.5. The Morgan fingerprint density at radius 3 is 2.88 bits per heavy atom. The number of aryl methyl sites for hydroxylation is 1. The van der Waals surface area contributed by atoms with Crippen LogP contribution in [-0.4, -0.2) is 46.6 Å². The van der Waals surface area contributed by atoms with Gasteiger partial charge in [0.05, 0.1) is 12.7 Å². The van der Waals surface area contributed by atoms with Crippen LogP contribution in [0.1, 0.15) is 18.4 Å². The molecule has 1 amide bonds. The lowest BCUT2D eigenvalue weighted by Crippen LogP contribution is -2.46. The lowest BCUT2D eigenvalue weighted by Gasteiger charge is -2.32. The van der Waals surface area contributed by atoms with Gasteiger partial charge in [-0.25, -0.2) is 4.98 Å². The van der Waals surface area contributed by atoms with Gasteiger partial charge in [0.15, 0.2) is 6.61 Å². The SMILES string of the molecule is Cc1ccc(OCC(=O)N2CCC[C@@H](Oc3cnccn3)C2)cc1. The van der Waals surface area contributed by atoms with Crippen molar-refractivity contribution in [3.63, 3.8) is 0 Å². The number of nitrogens with zero attached hydrogens (tertiary/aromatic N) is 3. The molecule has 1 aromatic carbocycles. The van der Waals surface area contributed by atoms with Crippen molar-refractivity contribution >= 4 is 5.91 Å². The summed E-state index contributed by atoms with van der Waals surface area (Å²) >= 11 is 0. The normalized spacial score (nSPS) is 17.4. The van der Waals surface area contributed by atoms with Crippen LogP contribution < -0.4 is 9.47 Å². The molecule has 2 heterocycles. The van der Waals surface area contributed by atoms with E-state index in [0.29, 0.717) is 18.2 Å². The third-order valence-corrected chi connectivity index (χ3v) is 3.94. The minimum Gasteiger partial charge on any atom is -0.484 e. The molecule has 1 saturated heterocycles. The van der Waals surface area contributed by atoms with E-state index in [1.807, 2.05) is 31.2 Å². The number of piperidine rings is 1. The fraction of sp³-hybridized carbons (Fsp3) is 0.389. The van der Waals surface area contributed by atoms with E-state index >= 15 is 0 Å². The summed E-state index contributed by atoms with van der Waals surface area (Å²) in [6.45, 7) is 3.34. The number of carbonyl (C=O) groups excluding carboxylic acids is 1. The zero-order chi connectivity index (χ0) is 16.8. The summed E-state index contributed by atoms with van der Waals surface area (Å²) in [6, 6.07) is 7.68. The summed E-state index contributed by atoms with van der Waals surface area (Å²) in [4.78, 5) is 22.2. The highest BCUT2D eigenvalue weighted by Gasteiger charge is 2.25. The predicted octanol–water partition coefficient (Wildman–Crippen LogP) is 2.23. The van der Waals surface area contributed by atoms with Gasteiger partial charge in [0.25, 0.3) is 5.91 Å². The first-order valence-corrected chi connectivity index (χ1v) is 8.10. The van der Waals surface area contributed by atoms with Gasteiger partial charge in [-0.15, -0.1) is 0 Å². The first kappa shape index (κ1) is 16.2. The number of ether oxygens (including phenoxy) is 2. The summed E-state index contributed by atoms with van der Waals surface area (Å²) < 4.78 is 11.4. The summed E-state index contributed by atoms with van der Waals surface area (Å²) in [5.41, 5.74) is 1.16. The van der Waals surface area contributed by atoms with Crippen LogP contribution in [-0.2, 0) is 4.79 Å². The van der Waals surface area contributed by atoms with Gasteiger partial charge in [-0.2, -0.15) is 0 Å². The Morgan fingerprint density at radius 1 is 1.29 bits per heavy atom. The smallest absolute Gasteiger partial charge is 0.260 e. The van der Waals surface area contributed by atoms with Crippen LogP contribution >= 0.6 is 0 Å². The molecular formula is C18H21N3O3. The minimum absolute atomic E-state index is 0.0250. The van der Waals surface area contributed by atoms with Crippen LogP contribution in [0.4, 0.5) is 0 Å². The average Bonchev–Trinajstić information content (AvgIpc) is 2.62. The van der Waals surface area contributed by atoms with E-state index in [-0.39, 0.29) is 18.6 Å². The molecule has 0 unspecified atom stereocenters. The molecule has 6 nitrogen and oxygen atoms in total. The molecule has 1 fully saturated rings. The standard InChI is InChI=1S/C18H21N3O3/c1-14-4-6-15(7-5-14)23-13-18(22)21-10-2-3-16(12-21)24-17-11-19-8-9-20-17/h4-9,11,16H,2-3,10,12-13H2,1H3/t16-/m1/s1. The molecule has 0 spiro atoms. The van der Waals surface area contributed by atoms with Gasteiger partial charge >= 0.3 is 0 Å². The quantitative estimate of drug-likeness (QED) is 0.842. The number of benzene rings is 1. The molecule has 6 heteroatoms. The second-order valence-corrected chi connectivity index (χ2v) is 5.87. The molecule has 24 heavy (non-hydrogen) atoms.